The molecule has 2 aromatic carbocycles. The first-order valence-electron chi connectivity index (χ1n) is 19.0. The van der Waals surface area contributed by atoms with Gasteiger partial charge in [-0.05, 0) is 35.4 Å². The second kappa shape index (κ2) is 32.0. The standard InChI is InChI=1S/C34H48N12O16S4.4Na/c1-45(11-19-63(49,50)51)33-41-29(35-9-15-61-17-13-47)39-31(43-33)37-25-7-5-23(27(21-25)65(55,56)57)3-4-24-6-8-26(22-28(24)66(58,59)60)38-32-40-30(36-10-16-62-18-14-48)42-34(44-32)46(2)12-20-64(52,53)54;;;;/h3-8,21-22,47-48H,9-20H2,1-2H3,(H,49,50,51)(H,52,53,54)(H,55,56,57)(H,58,59,60)(H2,35,37,39,41,43)(H2,36,38,40,42,44);;;;/q;4*+1/p-4/b4-3+;;;;. The topological polar surface area (TPSA) is 420 Å². The van der Waals surface area contributed by atoms with Crippen LogP contribution in [0.25, 0.3) is 12.2 Å². The molecule has 4 rings (SSSR count). The van der Waals surface area contributed by atoms with Gasteiger partial charge < -0.3 is 69.0 Å². The molecule has 0 saturated heterocycles. The molecule has 0 aliphatic heterocycles. The van der Waals surface area contributed by atoms with Crippen LogP contribution >= 0.6 is 0 Å². The summed E-state index contributed by atoms with van der Waals surface area (Å²) >= 11 is 0. The molecule has 2 aromatic heterocycles. The van der Waals surface area contributed by atoms with Crippen molar-refractivity contribution in [3.63, 3.8) is 0 Å². The largest absolute Gasteiger partial charge is 1.00 e. The molecule has 0 radical (unpaired) electrons. The molecule has 0 bridgehead atoms. The molecular weight excluding hydrogens is 1050 g/mol. The van der Waals surface area contributed by atoms with Gasteiger partial charge in [-0.25, -0.2) is 33.7 Å². The number of aromatic nitrogens is 6. The van der Waals surface area contributed by atoms with Crippen LogP contribution in [0.15, 0.2) is 46.2 Å². The number of ether oxygens (including phenoxy) is 2. The zero-order chi connectivity index (χ0) is 48.7. The van der Waals surface area contributed by atoms with Gasteiger partial charge in [-0.1, -0.05) is 24.3 Å². The number of hydrogen-bond donors (Lipinski definition) is 6. The molecule has 0 aliphatic rings. The number of aliphatic hydroxyl groups is 2. The second-order valence-corrected chi connectivity index (χ2v) is 19.2. The Bertz CT molecular complexity index is 2610. The van der Waals surface area contributed by atoms with Crippen LogP contribution in [0.4, 0.5) is 47.1 Å². The zero-order valence-corrected chi connectivity index (χ0v) is 50.2. The molecule has 36 heteroatoms. The first-order valence-corrected chi connectivity index (χ1v) is 25.0. The van der Waals surface area contributed by atoms with E-state index in [0.717, 1.165) is 24.3 Å². The van der Waals surface area contributed by atoms with Gasteiger partial charge in [0.2, 0.25) is 35.7 Å². The van der Waals surface area contributed by atoms with Gasteiger partial charge in [0, 0.05) is 51.6 Å². The van der Waals surface area contributed by atoms with Crippen LogP contribution in [-0.2, 0) is 49.9 Å². The summed E-state index contributed by atoms with van der Waals surface area (Å²) in [5, 5.41) is 29.0. The minimum Gasteiger partial charge on any atom is -0.748 e. The summed E-state index contributed by atoms with van der Waals surface area (Å²) in [7, 11) is -16.9. The Morgan fingerprint density at radius 2 is 0.886 bits per heavy atom. The van der Waals surface area contributed by atoms with Gasteiger partial charge in [-0.2, -0.15) is 29.9 Å². The third-order valence-corrected chi connectivity index (χ3v) is 11.5. The average Bonchev–Trinajstić information content (AvgIpc) is 3.23. The molecule has 0 aliphatic carbocycles. The minimum absolute atomic E-state index is 0. The molecule has 6 N–H and O–H groups in total. The molecular formula is C34H44N12Na4O16S4. The second-order valence-electron chi connectivity index (χ2n) is 13.5. The van der Waals surface area contributed by atoms with E-state index in [9.17, 15) is 51.9 Å². The quantitative estimate of drug-likeness (QED) is 0.0133. The molecule has 2 heterocycles. The van der Waals surface area contributed by atoms with Gasteiger partial charge in [0.05, 0.1) is 81.2 Å². The molecule has 0 spiro atoms. The van der Waals surface area contributed by atoms with E-state index < -0.39 is 61.8 Å². The summed E-state index contributed by atoms with van der Waals surface area (Å²) in [5.74, 6) is -2.39. The molecule has 364 valence electrons. The van der Waals surface area contributed by atoms with Crippen molar-refractivity contribution < 1.29 is 190 Å². The summed E-state index contributed by atoms with van der Waals surface area (Å²) in [6, 6.07) is 6.84. The van der Waals surface area contributed by atoms with Gasteiger partial charge in [-0.3, -0.25) is 0 Å². The summed E-state index contributed by atoms with van der Waals surface area (Å²) in [4.78, 5) is 26.1. The predicted octanol–water partition coefficient (Wildman–Crippen LogP) is -13.7. The SMILES string of the molecule is CN(CCS(=O)(=O)[O-])c1nc(NCCOCCO)nc(Nc2ccc(/C=C/c3ccc(Nc4nc(NCCOCCO)nc(N(C)CCS(=O)(=O)[O-])n4)cc3S(=O)(=O)[O-])c(S(=O)(=O)[O-])c2)n1.[Na+].[Na+].[Na+].[Na+]. The smallest absolute Gasteiger partial charge is 0.748 e. The number of rotatable bonds is 28. The van der Waals surface area contributed by atoms with E-state index in [0.29, 0.717) is 0 Å². The van der Waals surface area contributed by atoms with E-state index in [1.165, 1.54) is 48.2 Å². The fourth-order valence-electron chi connectivity index (χ4n) is 5.21. The Morgan fingerprint density at radius 3 is 1.20 bits per heavy atom. The van der Waals surface area contributed by atoms with Crippen LogP contribution in [-0.4, -0.2) is 183 Å². The van der Waals surface area contributed by atoms with Gasteiger partial charge >= 0.3 is 118 Å². The molecule has 28 nitrogen and oxygen atoms in total. The summed E-state index contributed by atoms with van der Waals surface area (Å²) < 4.78 is 153. The number of nitrogens with zero attached hydrogens (tertiary/aromatic N) is 8. The molecule has 0 unspecified atom stereocenters. The maximum absolute atomic E-state index is 12.5. The summed E-state index contributed by atoms with van der Waals surface area (Å²) in [5.41, 5.74) is -0.563. The van der Waals surface area contributed by atoms with E-state index in [1.54, 1.807) is 0 Å². The number of aliphatic hydroxyl groups excluding tert-OH is 2. The molecule has 4 aromatic rings. The molecule has 70 heavy (non-hydrogen) atoms. The normalized spacial score (nSPS) is 11.6. The Morgan fingerprint density at radius 1 is 0.543 bits per heavy atom. The first-order chi connectivity index (χ1) is 30.9. The molecule has 0 fully saturated rings. The van der Waals surface area contributed by atoms with Crippen LogP contribution in [0.1, 0.15) is 11.1 Å². The number of nitrogens with one attached hydrogen (secondary N) is 4. The Balaban J connectivity index is 0.0000119. The van der Waals surface area contributed by atoms with E-state index in [1.807, 2.05) is 0 Å². The van der Waals surface area contributed by atoms with E-state index >= 15 is 0 Å². The Kier molecular flexibility index (Phi) is 31.3. The predicted molar refractivity (Wildman–Crippen MR) is 232 cm³/mol. The van der Waals surface area contributed by atoms with Gasteiger partial charge in [0.15, 0.2) is 0 Å². The maximum atomic E-state index is 12.5. The van der Waals surface area contributed by atoms with Crippen LogP contribution in [0.3, 0.4) is 0 Å². The van der Waals surface area contributed by atoms with Crippen molar-refractivity contribution in [2.75, 3.05) is 122 Å². The fourth-order valence-corrected chi connectivity index (χ4v) is 7.60. The van der Waals surface area contributed by atoms with Crippen molar-refractivity contribution in [3.8, 4) is 0 Å². The summed E-state index contributed by atoms with van der Waals surface area (Å²) in [6.07, 6.45) is 2.15. The monoisotopic (exact) mass is 1100 g/mol. The van der Waals surface area contributed by atoms with Crippen molar-refractivity contribution in [1.82, 2.24) is 29.9 Å². The van der Waals surface area contributed by atoms with Crippen molar-refractivity contribution in [1.29, 1.82) is 0 Å². The zero-order valence-electron chi connectivity index (χ0n) is 38.9. The number of hydrogen-bond acceptors (Lipinski definition) is 28. The Labute approximate surface area is 493 Å². The first kappa shape index (κ1) is 68.5. The van der Waals surface area contributed by atoms with Crippen molar-refractivity contribution >= 4 is 99.7 Å². The number of benzene rings is 2. The molecule has 0 saturated carbocycles. The average molecular weight is 1100 g/mol. The third kappa shape index (κ3) is 24.7. The van der Waals surface area contributed by atoms with Gasteiger partial charge in [0.1, 0.15) is 20.2 Å². The number of anilines is 8. The van der Waals surface area contributed by atoms with Crippen LogP contribution in [0.5, 0.6) is 0 Å². The van der Waals surface area contributed by atoms with Gasteiger partial charge in [0.25, 0.3) is 0 Å². The van der Waals surface area contributed by atoms with Crippen LogP contribution in [0.2, 0.25) is 0 Å². The van der Waals surface area contributed by atoms with E-state index in [-0.39, 0.29) is 242 Å². The molecule has 0 amide bonds. The summed E-state index contributed by atoms with van der Waals surface area (Å²) in [6.45, 7) is -0.440. The van der Waals surface area contributed by atoms with Crippen molar-refractivity contribution in [3.05, 3.63) is 47.5 Å². The fraction of sp³-hybridized carbons (Fsp3) is 0.412. The van der Waals surface area contributed by atoms with Crippen molar-refractivity contribution in [2.24, 2.45) is 0 Å². The van der Waals surface area contributed by atoms with E-state index in [4.69, 9.17) is 19.7 Å². The molecule has 0 atom stereocenters. The Hall–Kier alpha value is -1.52. The van der Waals surface area contributed by atoms with Gasteiger partial charge in [-0.15, -0.1) is 0 Å². The minimum atomic E-state index is -5.25. The van der Waals surface area contributed by atoms with E-state index in [2.05, 4.69) is 51.2 Å². The van der Waals surface area contributed by atoms with Crippen LogP contribution in [0, 0.1) is 0 Å². The third-order valence-electron chi connectivity index (χ3n) is 8.33. The van der Waals surface area contributed by atoms with Crippen molar-refractivity contribution in [2.45, 2.75) is 9.79 Å². The van der Waals surface area contributed by atoms with Crippen LogP contribution < -0.4 is 149 Å². The maximum Gasteiger partial charge on any atom is 1.00 e.